The minimum atomic E-state index is -4.28. The summed E-state index contributed by atoms with van der Waals surface area (Å²) in [5, 5.41) is 0.651. The number of hydrogen-bond donors (Lipinski definition) is 1. The van der Waals surface area contributed by atoms with Gasteiger partial charge in [0.1, 0.15) is 0 Å². The highest BCUT2D eigenvalue weighted by Crippen LogP contribution is 2.36. The first-order chi connectivity index (χ1) is 8.50. The maximum Gasteiger partial charge on any atom is 0.416 e. The van der Waals surface area contributed by atoms with E-state index in [4.69, 9.17) is 5.73 Å². The Morgan fingerprint density at radius 3 is 2.72 bits per heavy atom. The number of rotatable bonds is 1. The van der Waals surface area contributed by atoms with E-state index in [9.17, 15) is 13.2 Å². The summed E-state index contributed by atoms with van der Waals surface area (Å²) in [6, 6.07) is 5.76. The molecule has 0 aliphatic carbocycles. The Labute approximate surface area is 102 Å². The monoisotopic (exact) mass is 254 g/mol. The average molecular weight is 254 g/mol. The van der Waals surface area contributed by atoms with Gasteiger partial charge in [0.25, 0.3) is 0 Å². The van der Waals surface area contributed by atoms with Crippen molar-refractivity contribution in [2.24, 2.45) is 5.73 Å². The molecule has 0 saturated heterocycles. The van der Waals surface area contributed by atoms with Gasteiger partial charge in [0.05, 0.1) is 5.56 Å². The molecule has 1 aliphatic rings. The van der Waals surface area contributed by atoms with Crippen molar-refractivity contribution in [1.29, 1.82) is 0 Å². The van der Waals surface area contributed by atoms with Crippen LogP contribution in [0.5, 0.6) is 0 Å². The van der Waals surface area contributed by atoms with Crippen molar-refractivity contribution in [2.75, 3.05) is 6.54 Å². The van der Waals surface area contributed by atoms with Crippen molar-refractivity contribution in [2.45, 2.75) is 25.1 Å². The molecule has 2 nitrogen and oxygen atoms in total. The van der Waals surface area contributed by atoms with E-state index in [-0.39, 0.29) is 5.92 Å². The quantitative estimate of drug-likeness (QED) is 0.832. The van der Waals surface area contributed by atoms with Crippen LogP contribution in [0.4, 0.5) is 13.2 Å². The first kappa shape index (κ1) is 11.6. The molecular weight excluding hydrogens is 241 g/mol. The Morgan fingerprint density at radius 2 is 2.06 bits per heavy atom. The molecule has 2 aromatic rings. The van der Waals surface area contributed by atoms with E-state index in [1.54, 1.807) is 6.07 Å². The third-order valence-corrected chi connectivity index (χ3v) is 3.66. The van der Waals surface area contributed by atoms with Crippen LogP contribution in [-0.2, 0) is 12.7 Å². The SMILES string of the molecule is NCC1CCn2c1cc1cc(C(F)(F)F)ccc12. The van der Waals surface area contributed by atoms with E-state index < -0.39 is 11.7 Å². The molecule has 0 radical (unpaired) electrons. The van der Waals surface area contributed by atoms with E-state index in [0.29, 0.717) is 11.9 Å². The van der Waals surface area contributed by atoms with Gasteiger partial charge in [-0.05, 0) is 30.7 Å². The van der Waals surface area contributed by atoms with Crippen LogP contribution in [0.1, 0.15) is 23.6 Å². The number of nitrogens with two attached hydrogens (primary N) is 1. The normalized spacial score (nSPS) is 19.4. The van der Waals surface area contributed by atoms with Crippen molar-refractivity contribution in [1.82, 2.24) is 4.57 Å². The van der Waals surface area contributed by atoms with Crippen LogP contribution < -0.4 is 5.73 Å². The summed E-state index contributed by atoms with van der Waals surface area (Å²) in [7, 11) is 0. The molecule has 0 saturated carbocycles. The van der Waals surface area contributed by atoms with Crippen molar-refractivity contribution < 1.29 is 13.2 Å². The standard InChI is InChI=1S/C13H13F3N2/c14-13(15,16)10-1-2-11-9(5-10)6-12-8(7-17)3-4-18(11)12/h1-2,5-6,8H,3-4,7,17H2. The van der Waals surface area contributed by atoms with Gasteiger partial charge in [0, 0.05) is 35.6 Å². The molecule has 0 bridgehead atoms. The molecule has 1 aromatic carbocycles. The molecule has 1 aromatic heterocycles. The highest BCUT2D eigenvalue weighted by atomic mass is 19.4. The van der Waals surface area contributed by atoms with E-state index >= 15 is 0 Å². The van der Waals surface area contributed by atoms with Gasteiger partial charge in [-0.25, -0.2) is 0 Å². The number of benzene rings is 1. The largest absolute Gasteiger partial charge is 0.416 e. The molecule has 0 spiro atoms. The predicted molar refractivity (Wildman–Crippen MR) is 63.4 cm³/mol. The van der Waals surface area contributed by atoms with Crippen molar-refractivity contribution in [3.8, 4) is 0 Å². The Morgan fingerprint density at radius 1 is 1.28 bits per heavy atom. The summed E-state index contributed by atoms with van der Waals surface area (Å²) in [6.07, 6.45) is -3.31. The third kappa shape index (κ3) is 1.61. The molecule has 3 rings (SSSR count). The highest BCUT2D eigenvalue weighted by molar-refractivity contribution is 5.82. The summed E-state index contributed by atoms with van der Waals surface area (Å²) in [6.45, 7) is 1.38. The topological polar surface area (TPSA) is 30.9 Å². The van der Waals surface area contributed by atoms with Crippen molar-refractivity contribution in [3.05, 3.63) is 35.5 Å². The fourth-order valence-corrected chi connectivity index (χ4v) is 2.73. The number of aryl methyl sites for hydroxylation is 1. The predicted octanol–water partition coefficient (Wildman–Crippen LogP) is 3.11. The Bertz CT molecular complexity index is 598. The third-order valence-electron chi connectivity index (χ3n) is 3.66. The minimum absolute atomic E-state index is 0.270. The van der Waals surface area contributed by atoms with Crippen LogP contribution in [0.2, 0.25) is 0 Å². The summed E-state index contributed by atoms with van der Waals surface area (Å²) >= 11 is 0. The van der Waals surface area contributed by atoms with Crippen LogP contribution in [0.25, 0.3) is 10.9 Å². The van der Waals surface area contributed by atoms with Gasteiger partial charge in [0.2, 0.25) is 0 Å². The fraction of sp³-hybridized carbons (Fsp3) is 0.385. The second-order valence-corrected chi connectivity index (χ2v) is 4.71. The molecule has 0 amide bonds. The second kappa shape index (κ2) is 3.75. The molecule has 1 atom stereocenters. The van der Waals surface area contributed by atoms with E-state index in [2.05, 4.69) is 4.57 Å². The smallest absolute Gasteiger partial charge is 0.344 e. The molecule has 1 aliphatic heterocycles. The lowest BCUT2D eigenvalue weighted by Gasteiger charge is -2.07. The number of nitrogens with zero attached hydrogens (tertiary/aromatic N) is 1. The summed E-state index contributed by atoms with van der Waals surface area (Å²) in [5.41, 5.74) is 7.01. The van der Waals surface area contributed by atoms with Crippen LogP contribution in [0, 0.1) is 0 Å². The number of aromatic nitrogens is 1. The summed E-state index contributed by atoms with van der Waals surface area (Å²) in [4.78, 5) is 0. The van der Waals surface area contributed by atoms with E-state index in [1.807, 2.05) is 6.07 Å². The lowest BCUT2D eigenvalue weighted by atomic mass is 10.0. The first-order valence-corrected chi connectivity index (χ1v) is 5.91. The maximum atomic E-state index is 12.6. The fourth-order valence-electron chi connectivity index (χ4n) is 2.73. The molecular formula is C13H13F3N2. The lowest BCUT2D eigenvalue weighted by molar-refractivity contribution is -0.137. The second-order valence-electron chi connectivity index (χ2n) is 4.71. The zero-order valence-electron chi connectivity index (χ0n) is 9.67. The Balaban J connectivity index is 2.15. The van der Waals surface area contributed by atoms with Gasteiger partial charge in [0.15, 0.2) is 0 Å². The zero-order valence-corrected chi connectivity index (χ0v) is 9.67. The van der Waals surface area contributed by atoms with Crippen LogP contribution in [-0.4, -0.2) is 11.1 Å². The van der Waals surface area contributed by atoms with Gasteiger partial charge >= 0.3 is 6.18 Å². The van der Waals surface area contributed by atoms with Gasteiger partial charge in [-0.3, -0.25) is 0 Å². The van der Waals surface area contributed by atoms with Crippen LogP contribution in [0.15, 0.2) is 24.3 Å². The maximum absolute atomic E-state index is 12.6. The molecule has 1 unspecified atom stereocenters. The van der Waals surface area contributed by atoms with E-state index in [1.165, 1.54) is 6.07 Å². The molecule has 5 heteroatoms. The van der Waals surface area contributed by atoms with E-state index in [0.717, 1.165) is 30.2 Å². The Hall–Kier alpha value is -1.49. The number of alkyl halides is 3. The van der Waals surface area contributed by atoms with Gasteiger partial charge in [-0.1, -0.05) is 0 Å². The average Bonchev–Trinajstić information content (AvgIpc) is 2.84. The summed E-state index contributed by atoms with van der Waals surface area (Å²) < 4.78 is 40.0. The van der Waals surface area contributed by atoms with Crippen molar-refractivity contribution in [3.63, 3.8) is 0 Å². The first-order valence-electron chi connectivity index (χ1n) is 5.91. The molecule has 2 heterocycles. The summed E-state index contributed by atoms with van der Waals surface area (Å²) in [5.74, 6) is 0.270. The molecule has 18 heavy (non-hydrogen) atoms. The zero-order chi connectivity index (χ0) is 12.9. The number of hydrogen-bond acceptors (Lipinski definition) is 1. The van der Waals surface area contributed by atoms with Crippen LogP contribution in [0.3, 0.4) is 0 Å². The number of fused-ring (bicyclic) bond motifs is 3. The van der Waals surface area contributed by atoms with Gasteiger partial charge in [-0.2, -0.15) is 13.2 Å². The number of halogens is 3. The lowest BCUT2D eigenvalue weighted by Crippen LogP contribution is -2.08. The van der Waals surface area contributed by atoms with Gasteiger partial charge < -0.3 is 10.3 Å². The van der Waals surface area contributed by atoms with Crippen LogP contribution >= 0.6 is 0 Å². The van der Waals surface area contributed by atoms with Crippen molar-refractivity contribution >= 4 is 10.9 Å². The molecule has 2 N–H and O–H groups in total. The molecule has 0 fully saturated rings. The minimum Gasteiger partial charge on any atom is -0.344 e. The highest BCUT2D eigenvalue weighted by Gasteiger charge is 2.31. The molecule has 96 valence electrons. The van der Waals surface area contributed by atoms with Gasteiger partial charge in [-0.15, -0.1) is 0 Å². The Kier molecular flexibility index (Phi) is 2.41.